The first-order chi connectivity index (χ1) is 12.0. The first kappa shape index (κ1) is 17.9. The number of hydrogen-bond donors (Lipinski definition) is 1. The highest BCUT2D eigenvalue weighted by Gasteiger charge is 2.19. The van der Waals surface area contributed by atoms with E-state index in [0.29, 0.717) is 0 Å². The Hall–Kier alpha value is -1.88. The van der Waals surface area contributed by atoms with Gasteiger partial charge in [0.2, 0.25) is 0 Å². The van der Waals surface area contributed by atoms with Gasteiger partial charge in [0, 0.05) is 49.2 Å². The first-order valence-corrected chi connectivity index (χ1v) is 8.94. The minimum absolute atomic E-state index is 0.156. The van der Waals surface area contributed by atoms with E-state index in [9.17, 15) is 5.11 Å². The van der Waals surface area contributed by atoms with Crippen molar-refractivity contribution < 1.29 is 5.11 Å². The summed E-state index contributed by atoms with van der Waals surface area (Å²) in [7, 11) is 2.02. The summed E-state index contributed by atoms with van der Waals surface area (Å²) in [6.45, 7) is 6.93. The molecular formula is C20H24ClN3O. The van der Waals surface area contributed by atoms with Crippen LogP contribution in [0.5, 0.6) is 0 Å². The monoisotopic (exact) mass is 357 g/mol. The summed E-state index contributed by atoms with van der Waals surface area (Å²) in [5, 5.41) is 10.4. The predicted molar refractivity (Wildman–Crippen MR) is 104 cm³/mol. The molecule has 5 heteroatoms. The zero-order valence-electron chi connectivity index (χ0n) is 14.5. The van der Waals surface area contributed by atoms with E-state index in [0.717, 1.165) is 60.0 Å². The van der Waals surface area contributed by atoms with Gasteiger partial charge in [-0.1, -0.05) is 18.2 Å². The summed E-state index contributed by atoms with van der Waals surface area (Å²) >= 11 is 5.99. The SMILES string of the molecule is C=C(CN1CCC(O)CC1)c1ccncc1N(C)c1ccc(Cl)cc1. The molecule has 1 N–H and O–H groups in total. The van der Waals surface area contributed by atoms with Gasteiger partial charge in [0.15, 0.2) is 0 Å². The molecule has 2 aromatic rings. The highest BCUT2D eigenvalue weighted by molar-refractivity contribution is 6.30. The fourth-order valence-electron chi connectivity index (χ4n) is 3.19. The van der Waals surface area contributed by atoms with Crippen molar-refractivity contribution in [1.82, 2.24) is 9.88 Å². The van der Waals surface area contributed by atoms with Crippen LogP contribution in [0.4, 0.5) is 11.4 Å². The van der Waals surface area contributed by atoms with Gasteiger partial charge in [-0.05, 0) is 48.7 Å². The quantitative estimate of drug-likeness (QED) is 0.878. The molecule has 0 unspecified atom stereocenters. The van der Waals surface area contributed by atoms with E-state index < -0.39 is 0 Å². The van der Waals surface area contributed by atoms with Gasteiger partial charge in [-0.2, -0.15) is 0 Å². The van der Waals surface area contributed by atoms with Gasteiger partial charge in [-0.25, -0.2) is 0 Å². The zero-order valence-corrected chi connectivity index (χ0v) is 15.3. The number of nitrogens with zero attached hydrogens (tertiary/aromatic N) is 3. The Balaban J connectivity index is 1.78. The molecular weight excluding hydrogens is 334 g/mol. The second kappa shape index (κ2) is 8.00. The van der Waals surface area contributed by atoms with Gasteiger partial charge in [0.05, 0.1) is 18.0 Å². The summed E-state index contributed by atoms with van der Waals surface area (Å²) < 4.78 is 0. The van der Waals surface area contributed by atoms with E-state index in [1.165, 1.54) is 0 Å². The third kappa shape index (κ3) is 4.40. The molecule has 0 saturated carbocycles. The van der Waals surface area contributed by atoms with Gasteiger partial charge in [0.25, 0.3) is 0 Å². The number of likely N-dealkylation sites (tertiary alicyclic amines) is 1. The highest BCUT2D eigenvalue weighted by Crippen LogP contribution is 2.31. The second-order valence-corrected chi connectivity index (χ2v) is 6.98. The number of benzene rings is 1. The van der Waals surface area contributed by atoms with Crippen molar-refractivity contribution in [3.05, 3.63) is 59.9 Å². The Morgan fingerprint density at radius 2 is 1.96 bits per heavy atom. The lowest BCUT2D eigenvalue weighted by molar-refractivity contribution is 0.0889. The largest absolute Gasteiger partial charge is 0.393 e. The molecule has 1 aliphatic heterocycles. The second-order valence-electron chi connectivity index (χ2n) is 6.54. The van der Waals surface area contributed by atoms with E-state index in [1.807, 2.05) is 43.6 Å². The summed E-state index contributed by atoms with van der Waals surface area (Å²) in [5.74, 6) is 0. The number of hydrogen-bond acceptors (Lipinski definition) is 4. The minimum Gasteiger partial charge on any atom is -0.393 e. The molecule has 1 aliphatic rings. The van der Waals surface area contributed by atoms with Crippen molar-refractivity contribution in [3.63, 3.8) is 0 Å². The smallest absolute Gasteiger partial charge is 0.0671 e. The number of aliphatic hydroxyl groups excluding tert-OH is 1. The molecule has 0 bridgehead atoms. The van der Waals surface area contributed by atoms with Crippen LogP contribution in [0.1, 0.15) is 18.4 Å². The lowest BCUT2D eigenvalue weighted by atomic mass is 10.0. The van der Waals surface area contributed by atoms with E-state index in [-0.39, 0.29) is 6.10 Å². The Morgan fingerprint density at radius 3 is 2.64 bits per heavy atom. The lowest BCUT2D eigenvalue weighted by Crippen LogP contribution is -2.36. The van der Waals surface area contributed by atoms with Crippen LogP contribution in [-0.4, -0.2) is 47.8 Å². The maximum Gasteiger partial charge on any atom is 0.0671 e. The third-order valence-corrected chi connectivity index (χ3v) is 4.98. The Labute approximate surface area is 154 Å². The number of rotatable bonds is 5. The van der Waals surface area contributed by atoms with Crippen LogP contribution in [-0.2, 0) is 0 Å². The first-order valence-electron chi connectivity index (χ1n) is 8.56. The fourth-order valence-corrected chi connectivity index (χ4v) is 3.31. The van der Waals surface area contributed by atoms with E-state index >= 15 is 0 Å². The van der Waals surface area contributed by atoms with E-state index in [4.69, 9.17) is 11.6 Å². The molecule has 132 valence electrons. The summed E-state index contributed by atoms with van der Waals surface area (Å²) in [4.78, 5) is 8.74. The Morgan fingerprint density at radius 1 is 1.28 bits per heavy atom. The standard InChI is InChI=1S/C20H24ClN3O/c1-15(14-24-11-8-18(25)9-12-24)19-7-10-22-13-20(19)23(2)17-5-3-16(21)4-6-17/h3-7,10,13,18,25H,1,8-9,11-12,14H2,2H3. The van der Waals surface area contributed by atoms with Gasteiger partial charge >= 0.3 is 0 Å². The predicted octanol–water partition coefficient (Wildman–Crippen LogP) is 3.97. The van der Waals surface area contributed by atoms with Crippen LogP contribution in [0.25, 0.3) is 5.57 Å². The molecule has 1 aromatic heterocycles. The summed E-state index contributed by atoms with van der Waals surface area (Å²) in [6.07, 6.45) is 5.19. The average Bonchev–Trinajstić information content (AvgIpc) is 2.63. The van der Waals surface area contributed by atoms with E-state index in [1.54, 1.807) is 6.20 Å². The normalized spacial score (nSPS) is 16.0. The molecule has 3 rings (SSSR count). The van der Waals surface area contributed by atoms with Crippen molar-refractivity contribution >= 4 is 28.5 Å². The Kier molecular flexibility index (Phi) is 5.74. The number of anilines is 2. The lowest BCUT2D eigenvalue weighted by Gasteiger charge is -2.31. The van der Waals surface area contributed by atoms with Crippen molar-refractivity contribution in [1.29, 1.82) is 0 Å². The molecule has 1 saturated heterocycles. The average molecular weight is 358 g/mol. The summed E-state index contributed by atoms with van der Waals surface area (Å²) in [5.41, 5.74) is 4.23. The minimum atomic E-state index is -0.156. The molecule has 2 heterocycles. The summed E-state index contributed by atoms with van der Waals surface area (Å²) in [6, 6.07) is 9.78. The van der Waals surface area contributed by atoms with Crippen LogP contribution in [0.2, 0.25) is 5.02 Å². The van der Waals surface area contributed by atoms with Crippen molar-refractivity contribution in [2.75, 3.05) is 31.6 Å². The number of aliphatic hydroxyl groups is 1. The van der Waals surface area contributed by atoms with Gasteiger partial charge < -0.3 is 10.0 Å². The fraction of sp³-hybridized carbons (Fsp3) is 0.350. The van der Waals surface area contributed by atoms with E-state index in [2.05, 4.69) is 21.4 Å². The highest BCUT2D eigenvalue weighted by atomic mass is 35.5. The third-order valence-electron chi connectivity index (χ3n) is 4.73. The molecule has 1 aromatic carbocycles. The molecule has 0 spiro atoms. The van der Waals surface area contributed by atoms with Crippen LogP contribution in [0.15, 0.2) is 49.3 Å². The van der Waals surface area contributed by atoms with Crippen molar-refractivity contribution in [3.8, 4) is 0 Å². The van der Waals surface area contributed by atoms with Gasteiger partial charge in [-0.15, -0.1) is 0 Å². The molecule has 0 aliphatic carbocycles. The molecule has 4 nitrogen and oxygen atoms in total. The number of pyridine rings is 1. The van der Waals surface area contributed by atoms with Crippen LogP contribution in [0, 0.1) is 0 Å². The topological polar surface area (TPSA) is 39.6 Å². The van der Waals surface area contributed by atoms with Crippen LogP contribution in [0.3, 0.4) is 0 Å². The van der Waals surface area contributed by atoms with Crippen molar-refractivity contribution in [2.45, 2.75) is 18.9 Å². The number of piperidine rings is 1. The molecule has 0 atom stereocenters. The molecule has 0 amide bonds. The zero-order chi connectivity index (χ0) is 17.8. The number of halogens is 1. The molecule has 25 heavy (non-hydrogen) atoms. The van der Waals surface area contributed by atoms with Crippen LogP contribution >= 0.6 is 11.6 Å². The Bertz CT molecular complexity index is 724. The maximum absolute atomic E-state index is 9.67. The van der Waals surface area contributed by atoms with Crippen LogP contribution < -0.4 is 4.90 Å². The van der Waals surface area contributed by atoms with Gasteiger partial charge in [0.1, 0.15) is 0 Å². The molecule has 1 fully saturated rings. The van der Waals surface area contributed by atoms with Crippen molar-refractivity contribution in [2.24, 2.45) is 0 Å². The number of aromatic nitrogens is 1. The van der Waals surface area contributed by atoms with Gasteiger partial charge in [-0.3, -0.25) is 9.88 Å². The maximum atomic E-state index is 9.67. The molecule has 0 radical (unpaired) electrons.